The maximum absolute atomic E-state index is 12.4. The number of hydrogen-bond donors (Lipinski definition) is 2. The van der Waals surface area contributed by atoms with E-state index in [4.69, 9.17) is 14.2 Å². The number of esters is 1. The van der Waals surface area contributed by atoms with Gasteiger partial charge in [0.25, 0.3) is 5.91 Å². The van der Waals surface area contributed by atoms with Crippen molar-refractivity contribution in [2.45, 2.75) is 32.7 Å². The Morgan fingerprint density at radius 2 is 1.97 bits per heavy atom. The van der Waals surface area contributed by atoms with E-state index in [1.165, 1.54) is 4.90 Å². The number of nitrogens with one attached hydrogen (secondary N) is 2. The number of imide groups is 1. The van der Waals surface area contributed by atoms with Crippen LogP contribution in [0.25, 0.3) is 0 Å². The van der Waals surface area contributed by atoms with Crippen LogP contribution in [0.15, 0.2) is 18.2 Å². The van der Waals surface area contributed by atoms with Crippen LogP contribution in [0.4, 0.5) is 10.5 Å². The number of fused-ring (bicyclic) bond motifs is 1. The average molecular weight is 419 g/mol. The van der Waals surface area contributed by atoms with E-state index in [2.05, 4.69) is 10.6 Å². The lowest BCUT2D eigenvalue weighted by molar-refractivity contribution is -0.152. The Labute approximate surface area is 173 Å². The average Bonchev–Trinajstić information content (AvgIpc) is 3.13. The molecule has 2 aliphatic rings. The van der Waals surface area contributed by atoms with E-state index < -0.39 is 30.4 Å². The predicted octanol–water partition coefficient (Wildman–Crippen LogP) is 0.978. The van der Waals surface area contributed by atoms with Crippen molar-refractivity contribution in [2.75, 3.05) is 31.3 Å². The monoisotopic (exact) mass is 419 g/mol. The summed E-state index contributed by atoms with van der Waals surface area (Å²) in [5.41, 5.74) is 0.596. The molecule has 3 rings (SSSR count). The minimum Gasteiger partial charge on any atom is -0.486 e. The fourth-order valence-electron chi connectivity index (χ4n) is 3.09. The first kappa shape index (κ1) is 21.4. The molecule has 2 heterocycles. The van der Waals surface area contributed by atoms with Crippen LogP contribution in [0.1, 0.15) is 26.7 Å². The van der Waals surface area contributed by atoms with Gasteiger partial charge in [-0.05, 0) is 25.5 Å². The molecule has 0 saturated carbocycles. The van der Waals surface area contributed by atoms with Gasteiger partial charge in [-0.3, -0.25) is 19.7 Å². The van der Waals surface area contributed by atoms with Gasteiger partial charge in [0, 0.05) is 30.8 Å². The number of amides is 4. The Morgan fingerprint density at radius 1 is 1.23 bits per heavy atom. The van der Waals surface area contributed by atoms with Crippen LogP contribution in [0.5, 0.6) is 11.5 Å². The first-order valence-electron chi connectivity index (χ1n) is 9.84. The highest BCUT2D eigenvalue weighted by atomic mass is 16.6. The fraction of sp³-hybridized carbons (Fsp3) is 0.500. The molecule has 0 unspecified atom stereocenters. The Bertz CT molecular complexity index is 842. The van der Waals surface area contributed by atoms with Gasteiger partial charge in [0.2, 0.25) is 5.91 Å². The summed E-state index contributed by atoms with van der Waals surface area (Å²) < 4.78 is 16.0. The number of carbonyl (C=O) groups excluding carboxylic acids is 4. The Hall–Kier alpha value is -3.30. The first-order valence-corrected chi connectivity index (χ1v) is 9.84. The van der Waals surface area contributed by atoms with E-state index in [-0.39, 0.29) is 24.9 Å². The highest BCUT2D eigenvalue weighted by Crippen LogP contribution is 2.36. The molecule has 1 aromatic rings. The molecule has 162 valence electrons. The SMILES string of the molecule is CC[C@H](C)NC(=O)NC(=O)COC(=O)[C@@H]1CC(=O)N(c2ccc3c(c2)OCCO3)C1. The Morgan fingerprint density at radius 3 is 2.70 bits per heavy atom. The smallest absolute Gasteiger partial charge is 0.321 e. The van der Waals surface area contributed by atoms with Crippen molar-refractivity contribution in [2.24, 2.45) is 5.92 Å². The third kappa shape index (κ3) is 5.19. The molecule has 1 fully saturated rings. The molecule has 2 aliphatic heterocycles. The van der Waals surface area contributed by atoms with Crippen molar-refractivity contribution in [1.82, 2.24) is 10.6 Å². The summed E-state index contributed by atoms with van der Waals surface area (Å²) in [7, 11) is 0. The topological polar surface area (TPSA) is 123 Å². The molecule has 0 bridgehead atoms. The molecule has 4 amide bonds. The molecule has 0 aromatic heterocycles. The van der Waals surface area contributed by atoms with E-state index in [1.807, 2.05) is 6.92 Å². The zero-order valence-corrected chi connectivity index (χ0v) is 16.9. The molecule has 0 radical (unpaired) electrons. The Balaban J connectivity index is 1.50. The van der Waals surface area contributed by atoms with Crippen LogP contribution in [0, 0.1) is 5.92 Å². The van der Waals surface area contributed by atoms with Gasteiger partial charge >= 0.3 is 12.0 Å². The quantitative estimate of drug-likeness (QED) is 0.659. The zero-order valence-electron chi connectivity index (χ0n) is 16.9. The molecule has 1 saturated heterocycles. The van der Waals surface area contributed by atoms with Gasteiger partial charge in [-0.1, -0.05) is 6.92 Å². The third-order valence-electron chi connectivity index (χ3n) is 4.88. The van der Waals surface area contributed by atoms with Gasteiger partial charge in [-0.2, -0.15) is 0 Å². The van der Waals surface area contributed by atoms with Crippen LogP contribution < -0.4 is 25.0 Å². The summed E-state index contributed by atoms with van der Waals surface area (Å²) >= 11 is 0. The van der Waals surface area contributed by atoms with Crippen molar-refractivity contribution in [3.8, 4) is 11.5 Å². The minimum absolute atomic E-state index is 0.0244. The molecular formula is C20H25N3O7. The highest BCUT2D eigenvalue weighted by molar-refractivity contribution is 6.00. The number of ether oxygens (including phenoxy) is 3. The van der Waals surface area contributed by atoms with Crippen LogP contribution in [-0.4, -0.2) is 56.2 Å². The van der Waals surface area contributed by atoms with E-state index in [0.29, 0.717) is 36.8 Å². The van der Waals surface area contributed by atoms with Crippen molar-refractivity contribution in [1.29, 1.82) is 0 Å². The summed E-state index contributed by atoms with van der Waals surface area (Å²) in [6.45, 7) is 4.13. The zero-order chi connectivity index (χ0) is 21.7. The summed E-state index contributed by atoms with van der Waals surface area (Å²) in [5, 5.41) is 4.67. The lowest BCUT2D eigenvalue weighted by atomic mass is 10.1. The molecule has 30 heavy (non-hydrogen) atoms. The molecule has 2 atom stereocenters. The molecule has 0 spiro atoms. The second kappa shape index (κ2) is 9.47. The van der Waals surface area contributed by atoms with E-state index in [9.17, 15) is 19.2 Å². The van der Waals surface area contributed by atoms with Crippen LogP contribution in [-0.2, 0) is 19.1 Å². The minimum atomic E-state index is -0.739. The number of urea groups is 1. The lowest BCUT2D eigenvalue weighted by Gasteiger charge is -2.22. The van der Waals surface area contributed by atoms with Gasteiger partial charge in [0.15, 0.2) is 18.1 Å². The van der Waals surface area contributed by atoms with Gasteiger partial charge < -0.3 is 24.4 Å². The number of rotatable bonds is 6. The third-order valence-corrected chi connectivity index (χ3v) is 4.88. The summed E-state index contributed by atoms with van der Waals surface area (Å²) in [6, 6.07) is 4.41. The Kier molecular flexibility index (Phi) is 6.76. The van der Waals surface area contributed by atoms with E-state index >= 15 is 0 Å². The number of anilines is 1. The molecular weight excluding hydrogens is 394 g/mol. The molecule has 2 N–H and O–H groups in total. The lowest BCUT2D eigenvalue weighted by Crippen LogP contribution is -2.44. The number of carbonyl (C=O) groups is 4. The summed E-state index contributed by atoms with van der Waals surface area (Å²) in [6.07, 6.45) is 0.690. The summed E-state index contributed by atoms with van der Waals surface area (Å²) in [4.78, 5) is 49.5. The van der Waals surface area contributed by atoms with E-state index in [1.54, 1.807) is 25.1 Å². The van der Waals surface area contributed by atoms with Crippen molar-refractivity contribution in [3.05, 3.63) is 18.2 Å². The number of hydrogen-bond acceptors (Lipinski definition) is 7. The largest absolute Gasteiger partial charge is 0.486 e. The second-order valence-electron chi connectivity index (χ2n) is 7.17. The molecule has 10 nitrogen and oxygen atoms in total. The van der Waals surface area contributed by atoms with Gasteiger partial charge in [-0.15, -0.1) is 0 Å². The second-order valence-corrected chi connectivity index (χ2v) is 7.17. The standard InChI is InChI=1S/C20H25N3O7/c1-3-12(2)21-20(27)22-17(24)11-30-19(26)13-8-18(25)23(10-13)14-4-5-15-16(9-14)29-7-6-28-15/h4-5,9,12-13H,3,6-8,10-11H2,1-2H3,(H2,21,22,24,27)/t12-,13+/m0/s1. The maximum atomic E-state index is 12.4. The number of nitrogens with zero attached hydrogens (tertiary/aromatic N) is 1. The summed E-state index contributed by atoms with van der Waals surface area (Å²) in [5.74, 6) is -1.18. The van der Waals surface area contributed by atoms with Gasteiger partial charge in [0.05, 0.1) is 5.92 Å². The van der Waals surface area contributed by atoms with E-state index in [0.717, 1.165) is 0 Å². The van der Waals surface area contributed by atoms with Crippen LogP contribution in [0.3, 0.4) is 0 Å². The van der Waals surface area contributed by atoms with Gasteiger partial charge in [0.1, 0.15) is 13.2 Å². The normalized spacial score (nSPS) is 18.5. The van der Waals surface area contributed by atoms with Crippen molar-refractivity contribution < 1.29 is 33.4 Å². The van der Waals surface area contributed by atoms with Crippen molar-refractivity contribution >= 4 is 29.5 Å². The van der Waals surface area contributed by atoms with Gasteiger partial charge in [-0.25, -0.2) is 4.79 Å². The van der Waals surface area contributed by atoms with Crippen molar-refractivity contribution in [3.63, 3.8) is 0 Å². The van der Waals surface area contributed by atoms with Crippen LogP contribution in [0.2, 0.25) is 0 Å². The fourth-order valence-corrected chi connectivity index (χ4v) is 3.09. The molecule has 1 aromatic carbocycles. The molecule has 10 heteroatoms. The molecule has 0 aliphatic carbocycles. The highest BCUT2D eigenvalue weighted by Gasteiger charge is 2.37. The van der Waals surface area contributed by atoms with Crippen LogP contribution >= 0.6 is 0 Å². The first-order chi connectivity index (χ1) is 14.4. The predicted molar refractivity (Wildman–Crippen MR) is 105 cm³/mol. The maximum Gasteiger partial charge on any atom is 0.321 e. The number of benzene rings is 1.